The van der Waals surface area contributed by atoms with Crippen LogP contribution in [0, 0.1) is 5.92 Å². The van der Waals surface area contributed by atoms with E-state index in [1.54, 1.807) is 7.11 Å². The Morgan fingerprint density at radius 1 is 1.38 bits per heavy atom. The smallest absolute Gasteiger partial charge is 0.310 e. The van der Waals surface area contributed by atoms with Crippen LogP contribution in [0.15, 0.2) is 22.7 Å². The first kappa shape index (κ1) is 16.2. The Balaban J connectivity index is 2.28. The molecule has 3 N–H and O–H groups in total. The highest BCUT2D eigenvalue weighted by atomic mass is 79.9. The number of hydrazine groups is 1. The fourth-order valence-corrected chi connectivity index (χ4v) is 2.82. The first-order valence-electron chi connectivity index (χ1n) is 6.69. The molecule has 1 aromatic rings. The second-order valence-electron chi connectivity index (χ2n) is 4.94. The van der Waals surface area contributed by atoms with Crippen LogP contribution in [0.1, 0.15) is 18.5 Å². The molecule has 1 saturated heterocycles. The molecule has 1 aromatic carbocycles. The number of hydrogen-bond donors (Lipinski definition) is 3. The summed E-state index contributed by atoms with van der Waals surface area (Å²) in [6.45, 7) is 2.73. The zero-order valence-corrected chi connectivity index (χ0v) is 13.5. The molecule has 21 heavy (non-hydrogen) atoms. The quantitative estimate of drug-likeness (QED) is 0.671. The Hall–Kier alpha value is -1.15. The lowest BCUT2D eigenvalue weighted by Crippen LogP contribution is -2.30. The van der Waals surface area contributed by atoms with E-state index in [9.17, 15) is 9.90 Å². The minimum Gasteiger partial charge on any atom is -0.491 e. The first-order chi connectivity index (χ1) is 10.0. The SMILES string of the molecule is COCCOc1ccc(Br)cc1C1NNC(C)C1C(=O)O. The molecule has 0 aliphatic carbocycles. The summed E-state index contributed by atoms with van der Waals surface area (Å²) in [7, 11) is 1.61. The number of aliphatic carboxylic acids is 1. The number of methoxy groups -OCH3 is 1. The van der Waals surface area contributed by atoms with Crippen LogP contribution in [0.2, 0.25) is 0 Å². The lowest BCUT2D eigenvalue weighted by Gasteiger charge is -2.20. The Morgan fingerprint density at radius 2 is 2.14 bits per heavy atom. The number of carboxylic acid groups (broad SMARTS) is 1. The molecule has 6 nitrogen and oxygen atoms in total. The lowest BCUT2D eigenvalue weighted by atomic mass is 9.90. The van der Waals surface area contributed by atoms with Crippen LogP contribution in [0.25, 0.3) is 0 Å². The van der Waals surface area contributed by atoms with Gasteiger partial charge in [0.05, 0.1) is 18.6 Å². The number of nitrogens with one attached hydrogen (secondary N) is 2. The molecule has 1 aliphatic rings. The first-order valence-corrected chi connectivity index (χ1v) is 7.49. The number of hydrogen-bond acceptors (Lipinski definition) is 5. The molecule has 0 amide bonds. The number of ether oxygens (including phenoxy) is 2. The van der Waals surface area contributed by atoms with Crippen molar-refractivity contribution in [2.45, 2.75) is 19.0 Å². The zero-order chi connectivity index (χ0) is 15.4. The summed E-state index contributed by atoms with van der Waals surface area (Å²) >= 11 is 3.42. The molecule has 3 atom stereocenters. The van der Waals surface area contributed by atoms with E-state index in [2.05, 4.69) is 26.8 Å². The van der Waals surface area contributed by atoms with E-state index in [0.717, 1.165) is 10.0 Å². The third kappa shape index (κ3) is 3.74. The van der Waals surface area contributed by atoms with Gasteiger partial charge in [-0.2, -0.15) is 0 Å². The van der Waals surface area contributed by atoms with Gasteiger partial charge < -0.3 is 14.6 Å². The minimum absolute atomic E-state index is 0.168. The maximum Gasteiger partial charge on any atom is 0.310 e. The van der Waals surface area contributed by atoms with Crippen molar-refractivity contribution in [3.8, 4) is 5.75 Å². The second-order valence-corrected chi connectivity index (χ2v) is 5.86. The summed E-state index contributed by atoms with van der Waals surface area (Å²) in [5, 5.41) is 9.44. The van der Waals surface area contributed by atoms with Crippen molar-refractivity contribution in [3.63, 3.8) is 0 Å². The van der Waals surface area contributed by atoms with E-state index in [-0.39, 0.29) is 12.1 Å². The van der Waals surface area contributed by atoms with Gasteiger partial charge in [-0.15, -0.1) is 0 Å². The fraction of sp³-hybridized carbons (Fsp3) is 0.500. The minimum atomic E-state index is -0.840. The van der Waals surface area contributed by atoms with Gasteiger partial charge in [-0.25, -0.2) is 5.43 Å². The van der Waals surface area contributed by atoms with Crippen LogP contribution >= 0.6 is 15.9 Å². The van der Waals surface area contributed by atoms with Crippen LogP contribution in [0.4, 0.5) is 0 Å². The van der Waals surface area contributed by atoms with Crippen LogP contribution in [-0.4, -0.2) is 37.4 Å². The molecule has 0 spiro atoms. The van der Waals surface area contributed by atoms with Crippen molar-refractivity contribution in [3.05, 3.63) is 28.2 Å². The molecule has 1 heterocycles. The van der Waals surface area contributed by atoms with Crippen molar-refractivity contribution in [2.24, 2.45) is 5.92 Å². The summed E-state index contributed by atoms with van der Waals surface area (Å²) in [6, 6.07) is 5.06. The molecule has 0 aromatic heterocycles. The van der Waals surface area contributed by atoms with E-state index in [1.807, 2.05) is 25.1 Å². The molecule has 7 heteroatoms. The van der Waals surface area contributed by atoms with Crippen molar-refractivity contribution >= 4 is 21.9 Å². The van der Waals surface area contributed by atoms with E-state index >= 15 is 0 Å². The molecule has 0 radical (unpaired) electrons. The monoisotopic (exact) mass is 358 g/mol. The Bertz CT molecular complexity index is 512. The van der Waals surface area contributed by atoms with E-state index in [0.29, 0.717) is 19.0 Å². The molecular weight excluding hydrogens is 340 g/mol. The largest absolute Gasteiger partial charge is 0.491 e. The van der Waals surface area contributed by atoms with E-state index in [1.165, 1.54) is 0 Å². The van der Waals surface area contributed by atoms with Gasteiger partial charge in [0.25, 0.3) is 0 Å². The van der Waals surface area contributed by atoms with Crippen molar-refractivity contribution in [1.82, 2.24) is 10.9 Å². The second kappa shape index (κ2) is 7.22. The van der Waals surface area contributed by atoms with Crippen molar-refractivity contribution < 1.29 is 19.4 Å². The highest BCUT2D eigenvalue weighted by molar-refractivity contribution is 9.10. The maximum atomic E-state index is 11.5. The summed E-state index contributed by atoms with van der Waals surface area (Å²) in [5.74, 6) is -0.744. The molecular formula is C14H19BrN2O4. The summed E-state index contributed by atoms with van der Waals surface area (Å²) < 4.78 is 11.6. The van der Waals surface area contributed by atoms with E-state index in [4.69, 9.17) is 9.47 Å². The number of carbonyl (C=O) groups is 1. The maximum absolute atomic E-state index is 11.5. The lowest BCUT2D eigenvalue weighted by molar-refractivity contribution is -0.142. The number of carboxylic acids is 1. The topological polar surface area (TPSA) is 79.8 Å². The third-order valence-electron chi connectivity index (χ3n) is 3.50. The molecule has 1 aliphatic heterocycles. The average Bonchev–Trinajstić information content (AvgIpc) is 2.82. The van der Waals surface area contributed by atoms with Crippen LogP contribution in [0.5, 0.6) is 5.75 Å². The highest BCUT2D eigenvalue weighted by Crippen LogP contribution is 2.36. The molecule has 3 unspecified atom stereocenters. The molecule has 116 valence electrons. The predicted octanol–water partition coefficient (Wildman–Crippen LogP) is 1.71. The summed E-state index contributed by atoms with van der Waals surface area (Å²) in [5.41, 5.74) is 6.85. The number of rotatable bonds is 6. The predicted molar refractivity (Wildman–Crippen MR) is 81.1 cm³/mol. The Labute approximate surface area is 131 Å². The standard InChI is InChI=1S/C14H19BrN2O4/c1-8-12(14(18)19)13(17-16-8)10-7-9(15)3-4-11(10)21-6-5-20-2/h3-4,7-8,12-13,16-17H,5-6H2,1-2H3,(H,18,19). The Morgan fingerprint density at radius 3 is 2.81 bits per heavy atom. The van der Waals surface area contributed by atoms with Gasteiger partial charge in [0.1, 0.15) is 12.4 Å². The highest BCUT2D eigenvalue weighted by Gasteiger charge is 2.40. The van der Waals surface area contributed by atoms with Gasteiger partial charge in [0, 0.05) is 23.2 Å². The molecule has 1 fully saturated rings. The van der Waals surface area contributed by atoms with E-state index < -0.39 is 11.9 Å². The average molecular weight is 359 g/mol. The van der Waals surface area contributed by atoms with Gasteiger partial charge in [-0.3, -0.25) is 10.2 Å². The van der Waals surface area contributed by atoms with Crippen molar-refractivity contribution in [2.75, 3.05) is 20.3 Å². The summed E-state index contributed by atoms with van der Waals surface area (Å²) in [4.78, 5) is 11.5. The number of halogens is 1. The van der Waals surface area contributed by atoms with Gasteiger partial charge in [0.15, 0.2) is 0 Å². The van der Waals surface area contributed by atoms with Crippen LogP contribution in [0.3, 0.4) is 0 Å². The Kier molecular flexibility index (Phi) is 5.58. The van der Waals surface area contributed by atoms with Crippen molar-refractivity contribution in [1.29, 1.82) is 0 Å². The normalized spacial score (nSPS) is 25.0. The van der Waals surface area contributed by atoms with Gasteiger partial charge >= 0.3 is 5.97 Å². The fourth-order valence-electron chi connectivity index (χ4n) is 2.45. The van der Waals surface area contributed by atoms with Gasteiger partial charge in [0.2, 0.25) is 0 Å². The van der Waals surface area contributed by atoms with Gasteiger partial charge in [-0.05, 0) is 25.1 Å². The number of benzene rings is 1. The molecule has 0 saturated carbocycles. The van der Waals surface area contributed by atoms with Crippen LogP contribution < -0.4 is 15.6 Å². The zero-order valence-electron chi connectivity index (χ0n) is 11.9. The molecule has 2 rings (SSSR count). The van der Waals surface area contributed by atoms with Gasteiger partial charge in [-0.1, -0.05) is 15.9 Å². The van der Waals surface area contributed by atoms with Crippen LogP contribution in [-0.2, 0) is 9.53 Å². The summed E-state index contributed by atoms with van der Waals surface area (Å²) in [6.07, 6.45) is 0. The molecule has 0 bridgehead atoms. The third-order valence-corrected chi connectivity index (χ3v) is 3.99.